The van der Waals surface area contributed by atoms with E-state index in [2.05, 4.69) is 24.5 Å². The van der Waals surface area contributed by atoms with E-state index in [1.54, 1.807) is 0 Å². The van der Waals surface area contributed by atoms with Crippen molar-refractivity contribution in [2.45, 2.75) is 83.5 Å². The number of rotatable bonds is 6. The summed E-state index contributed by atoms with van der Waals surface area (Å²) in [6.07, 6.45) is 5.65. The molecule has 0 bridgehead atoms. The van der Waals surface area contributed by atoms with Crippen LogP contribution in [0.25, 0.3) is 0 Å². The third kappa shape index (κ3) is 4.58. The first-order chi connectivity index (χ1) is 8.58. The van der Waals surface area contributed by atoms with Gasteiger partial charge in [-0.25, -0.2) is 0 Å². The molecule has 3 atom stereocenters. The van der Waals surface area contributed by atoms with E-state index < -0.39 is 0 Å². The highest BCUT2D eigenvalue weighted by Crippen LogP contribution is 2.18. The second-order valence-corrected chi connectivity index (χ2v) is 5.37. The van der Waals surface area contributed by atoms with Crippen LogP contribution in [0.2, 0.25) is 0 Å². The molecular weight excluding hydrogens is 228 g/mol. The Morgan fingerprint density at radius 3 is 2.44 bits per heavy atom. The van der Waals surface area contributed by atoms with Crippen molar-refractivity contribution in [1.82, 2.24) is 10.6 Å². The molecule has 1 amide bonds. The van der Waals surface area contributed by atoms with Gasteiger partial charge >= 0.3 is 0 Å². The molecule has 0 radical (unpaired) electrons. The van der Waals surface area contributed by atoms with Crippen LogP contribution in [0.4, 0.5) is 0 Å². The summed E-state index contributed by atoms with van der Waals surface area (Å²) in [6.45, 7) is 6.04. The van der Waals surface area contributed by atoms with Crippen molar-refractivity contribution in [3.63, 3.8) is 0 Å². The van der Waals surface area contributed by atoms with Crippen LogP contribution in [0, 0.1) is 0 Å². The standard InChI is InChI=1S/C14H28N2O2/c1-4-11(5-2)16-14(18)10(3)15-12-8-6-7-9-13(12)17/h10-13,15,17H,4-9H2,1-3H3,(H,16,18). The van der Waals surface area contributed by atoms with Crippen LogP contribution < -0.4 is 10.6 Å². The van der Waals surface area contributed by atoms with E-state index in [1.807, 2.05) is 6.92 Å². The molecule has 3 unspecified atom stereocenters. The average Bonchev–Trinajstić information content (AvgIpc) is 2.38. The second-order valence-electron chi connectivity index (χ2n) is 5.37. The molecule has 106 valence electrons. The van der Waals surface area contributed by atoms with Crippen LogP contribution in [0.15, 0.2) is 0 Å². The van der Waals surface area contributed by atoms with Gasteiger partial charge in [0.05, 0.1) is 12.1 Å². The molecule has 0 aromatic rings. The molecule has 0 aromatic heterocycles. The van der Waals surface area contributed by atoms with E-state index in [0.29, 0.717) is 0 Å². The number of amides is 1. The minimum absolute atomic E-state index is 0.0430. The lowest BCUT2D eigenvalue weighted by molar-refractivity contribution is -0.124. The van der Waals surface area contributed by atoms with Crippen LogP contribution in [0.1, 0.15) is 59.3 Å². The number of aliphatic hydroxyl groups is 1. The molecule has 0 spiro atoms. The highest BCUT2D eigenvalue weighted by atomic mass is 16.3. The Labute approximate surface area is 111 Å². The Morgan fingerprint density at radius 2 is 1.89 bits per heavy atom. The minimum Gasteiger partial charge on any atom is -0.392 e. The lowest BCUT2D eigenvalue weighted by Crippen LogP contribution is -2.53. The number of aliphatic hydroxyl groups excluding tert-OH is 1. The first-order valence-corrected chi connectivity index (χ1v) is 7.32. The zero-order chi connectivity index (χ0) is 13.5. The Hall–Kier alpha value is -0.610. The zero-order valence-electron chi connectivity index (χ0n) is 11.9. The Balaban J connectivity index is 2.38. The van der Waals surface area contributed by atoms with Crippen LogP contribution in [0.3, 0.4) is 0 Å². The number of hydrogen-bond donors (Lipinski definition) is 3. The number of carbonyl (C=O) groups is 1. The van der Waals surface area contributed by atoms with Crippen molar-refractivity contribution in [3.05, 3.63) is 0 Å². The number of carbonyl (C=O) groups excluding carboxylic acids is 1. The first kappa shape index (κ1) is 15.4. The molecule has 0 saturated heterocycles. The Morgan fingerprint density at radius 1 is 1.28 bits per heavy atom. The smallest absolute Gasteiger partial charge is 0.237 e. The van der Waals surface area contributed by atoms with Crippen LogP contribution in [0.5, 0.6) is 0 Å². The molecule has 0 aromatic carbocycles. The molecule has 4 heteroatoms. The molecule has 1 aliphatic rings. The lowest BCUT2D eigenvalue weighted by atomic mass is 9.92. The fourth-order valence-corrected chi connectivity index (χ4v) is 2.52. The quantitative estimate of drug-likeness (QED) is 0.676. The minimum atomic E-state index is -0.304. The molecule has 1 fully saturated rings. The maximum Gasteiger partial charge on any atom is 0.237 e. The van der Waals surface area contributed by atoms with Gasteiger partial charge in [0.15, 0.2) is 0 Å². The highest BCUT2D eigenvalue weighted by Gasteiger charge is 2.26. The monoisotopic (exact) mass is 256 g/mol. The first-order valence-electron chi connectivity index (χ1n) is 7.32. The van der Waals surface area contributed by atoms with Gasteiger partial charge in [0.1, 0.15) is 0 Å². The summed E-state index contributed by atoms with van der Waals surface area (Å²) < 4.78 is 0. The third-order valence-electron chi connectivity index (χ3n) is 3.92. The molecule has 1 saturated carbocycles. The van der Waals surface area contributed by atoms with Gasteiger partial charge in [-0.1, -0.05) is 26.7 Å². The van der Waals surface area contributed by atoms with Crippen molar-refractivity contribution in [3.8, 4) is 0 Å². The van der Waals surface area contributed by atoms with Crippen LogP contribution >= 0.6 is 0 Å². The second kappa shape index (κ2) is 7.74. The van der Waals surface area contributed by atoms with Gasteiger partial charge in [-0.15, -0.1) is 0 Å². The van der Waals surface area contributed by atoms with Gasteiger partial charge < -0.3 is 15.7 Å². The van der Waals surface area contributed by atoms with Crippen LogP contribution in [-0.4, -0.2) is 35.2 Å². The fraction of sp³-hybridized carbons (Fsp3) is 0.929. The highest BCUT2D eigenvalue weighted by molar-refractivity contribution is 5.81. The predicted molar refractivity (Wildman–Crippen MR) is 73.4 cm³/mol. The SMILES string of the molecule is CCC(CC)NC(=O)C(C)NC1CCCCC1O. The lowest BCUT2D eigenvalue weighted by Gasteiger charge is -2.31. The van der Waals surface area contributed by atoms with Gasteiger partial charge in [0.2, 0.25) is 5.91 Å². The topological polar surface area (TPSA) is 61.4 Å². The van der Waals surface area contributed by atoms with Crippen molar-refractivity contribution in [1.29, 1.82) is 0 Å². The third-order valence-corrected chi connectivity index (χ3v) is 3.92. The van der Waals surface area contributed by atoms with Crippen molar-refractivity contribution in [2.75, 3.05) is 0 Å². The molecule has 1 aliphatic carbocycles. The van der Waals surface area contributed by atoms with E-state index in [-0.39, 0.29) is 30.1 Å². The summed E-state index contributed by atoms with van der Waals surface area (Å²) in [6, 6.07) is 0.0996. The zero-order valence-corrected chi connectivity index (χ0v) is 11.9. The van der Waals surface area contributed by atoms with Crippen molar-refractivity contribution >= 4 is 5.91 Å². The maximum absolute atomic E-state index is 12.0. The van der Waals surface area contributed by atoms with Crippen molar-refractivity contribution in [2.24, 2.45) is 0 Å². The number of nitrogens with one attached hydrogen (secondary N) is 2. The fourth-order valence-electron chi connectivity index (χ4n) is 2.52. The summed E-state index contributed by atoms with van der Waals surface area (Å²) >= 11 is 0. The molecule has 18 heavy (non-hydrogen) atoms. The number of hydrogen-bond acceptors (Lipinski definition) is 3. The van der Waals surface area contributed by atoms with Gasteiger partial charge in [0.25, 0.3) is 0 Å². The van der Waals surface area contributed by atoms with Gasteiger partial charge in [-0.3, -0.25) is 4.79 Å². The van der Waals surface area contributed by atoms with E-state index in [1.165, 1.54) is 0 Å². The van der Waals surface area contributed by atoms with E-state index in [0.717, 1.165) is 38.5 Å². The van der Waals surface area contributed by atoms with Gasteiger partial charge in [-0.2, -0.15) is 0 Å². The van der Waals surface area contributed by atoms with E-state index in [4.69, 9.17) is 0 Å². The Bertz CT molecular complexity index is 254. The normalized spacial score (nSPS) is 26.1. The molecular formula is C14H28N2O2. The molecule has 3 N–H and O–H groups in total. The van der Waals surface area contributed by atoms with Crippen LogP contribution in [-0.2, 0) is 4.79 Å². The Kier molecular flexibility index (Phi) is 6.65. The molecule has 4 nitrogen and oxygen atoms in total. The largest absolute Gasteiger partial charge is 0.392 e. The maximum atomic E-state index is 12.0. The summed E-state index contributed by atoms with van der Waals surface area (Å²) in [5.74, 6) is 0.0430. The summed E-state index contributed by atoms with van der Waals surface area (Å²) in [5.41, 5.74) is 0. The van der Waals surface area contributed by atoms with Crippen molar-refractivity contribution < 1.29 is 9.90 Å². The molecule has 0 aliphatic heterocycles. The average molecular weight is 256 g/mol. The van der Waals surface area contributed by atoms with E-state index >= 15 is 0 Å². The summed E-state index contributed by atoms with van der Waals surface area (Å²) in [4.78, 5) is 12.0. The summed E-state index contributed by atoms with van der Waals surface area (Å²) in [5, 5.41) is 16.2. The molecule has 1 rings (SSSR count). The van der Waals surface area contributed by atoms with Gasteiger partial charge in [0, 0.05) is 12.1 Å². The summed E-state index contributed by atoms with van der Waals surface area (Å²) in [7, 11) is 0. The molecule has 0 heterocycles. The van der Waals surface area contributed by atoms with Gasteiger partial charge in [-0.05, 0) is 32.6 Å². The predicted octanol–water partition coefficient (Wildman–Crippen LogP) is 1.57. The van der Waals surface area contributed by atoms with E-state index in [9.17, 15) is 9.90 Å².